The third kappa shape index (κ3) is 4.75. The van der Waals surface area contributed by atoms with E-state index in [9.17, 15) is 4.39 Å². The number of benzene rings is 2. The topological polar surface area (TPSA) is 69.2 Å². The van der Waals surface area contributed by atoms with Crippen LogP contribution in [0.15, 0.2) is 46.4 Å². The van der Waals surface area contributed by atoms with Crippen LogP contribution in [0, 0.1) is 12.7 Å². The molecule has 4 rings (SSSR count). The maximum absolute atomic E-state index is 13.2. The zero-order valence-corrected chi connectivity index (χ0v) is 17.0. The van der Waals surface area contributed by atoms with Crippen molar-refractivity contribution in [2.45, 2.75) is 25.9 Å². The van der Waals surface area contributed by atoms with Crippen molar-refractivity contribution in [3.63, 3.8) is 0 Å². The first kappa shape index (κ1) is 20.4. The van der Waals surface area contributed by atoms with Crippen LogP contribution >= 0.6 is 23.2 Å². The Morgan fingerprint density at radius 3 is 2.36 bits per heavy atom. The Morgan fingerprint density at radius 2 is 1.75 bits per heavy atom. The van der Waals surface area contributed by atoms with Crippen molar-refractivity contribution in [3.8, 4) is 0 Å². The van der Waals surface area contributed by atoms with Gasteiger partial charge in [0.05, 0.1) is 10.0 Å². The first-order valence-corrected chi connectivity index (χ1v) is 9.44. The van der Waals surface area contributed by atoms with Crippen molar-refractivity contribution < 1.29 is 13.9 Å². The second-order valence-corrected chi connectivity index (χ2v) is 7.21. The Bertz CT molecular complexity index is 934. The first-order chi connectivity index (χ1) is 13.3. The number of nitrogens with zero attached hydrogens (tertiary/aromatic N) is 2. The van der Waals surface area contributed by atoms with Gasteiger partial charge in [0.1, 0.15) is 31.1 Å². The van der Waals surface area contributed by atoms with Gasteiger partial charge in [0.2, 0.25) is 0 Å². The van der Waals surface area contributed by atoms with Crippen LogP contribution in [0.1, 0.15) is 35.7 Å². The lowest BCUT2D eigenvalue weighted by Gasteiger charge is -2.09. The molecule has 8 heteroatoms. The Kier molecular flexibility index (Phi) is 6.42. The second kappa shape index (κ2) is 8.80. The predicted molar refractivity (Wildman–Crippen MR) is 110 cm³/mol. The van der Waals surface area contributed by atoms with Gasteiger partial charge in [-0.3, -0.25) is 0 Å². The molecule has 2 atom stereocenters. The van der Waals surface area contributed by atoms with Crippen LogP contribution in [0.5, 0.6) is 0 Å². The van der Waals surface area contributed by atoms with E-state index in [-0.39, 0.29) is 23.9 Å². The van der Waals surface area contributed by atoms with Crippen LogP contribution in [-0.2, 0) is 9.47 Å². The molecular weight excluding hydrogens is 404 g/mol. The van der Waals surface area contributed by atoms with E-state index in [1.54, 1.807) is 19.1 Å². The fourth-order valence-corrected chi connectivity index (χ4v) is 3.23. The Hall–Kier alpha value is -2.31. The van der Waals surface area contributed by atoms with Crippen molar-refractivity contribution >= 4 is 35.1 Å². The molecule has 2 N–H and O–H groups in total. The molecule has 148 valence electrons. The summed E-state index contributed by atoms with van der Waals surface area (Å²) >= 11 is 11.7. The summed E-state index contributed by atoms with van der Waals surface area (Å²) in [6, 6.07) is 10.6. The van der Waals surface area contributed by atoms with Crippen molar-refractivity contribution in [2.75, 3.05) is 13.2 Å². The summed E-state index contributed by atoms with van der Waals surface area (Å²) in [6.45, 7) is 4.56. The summed E-state index contributed by atoms with van der Waals surface area (Å²) in [5.74, 6) is 0.504. The van der Waals surface area contributed by atoms with Crippen molar-refractivity contribution in [1.29, 1.82) is 0 Å². The fraction of sp³-hybridized carbons (Fsp3) is 0.300. The number of hydrogen-bond donors (Lipinski definition) is 1. The highest BCUT2D eigenvalue weighted by atomic mass is 35.5. The van der Waals surface area contributed by atoms with E-state index in [0.29, 0.717) is 28.8 Å². The molecule has 28 heavy (non-hydrogen) atoms. The summed E-state index contributed by atoms with van der Waals surface area (Å²) in [5, 5.41) is 1.12. The third-order valence-electron chi connectivity index (χ3n) is 4.46. The minimum atomic E-state index is -0.219. The third-order valence-corrected chi connectivity index (χ3v) is 5.20. The zero-order valence-electron chi connectivity index (χ0n) is 15.5. The summed E-state index contributed by atoms with van der Waals surface area (Å²) in [7, 11) is 0. The minimum Gasteiger partial charge on any atom is -0.479 e. The van der Waals surface area contributed by atoms with Gasteiger partial charge in [0, 0.05) is 6.92 Å². The molecule has 0 spiro atoms. The average molecular weight is 424 g/mol. The summed E-state index contributed by atoms with van der Waals surface area (Å²) in [5.41, 5.74) is 7.87. The SMILES string of the molecule is CC1=N[C@H](c2ccc(Cl)c(Cl)c2)CO1.Cc1c(F)cccc1[C@@H]1COC(N)=N1. The van der Waals surface area contributed by atoms with Crippen molar-refractivity contribution in [3.05, 3.63) is 69.0 Å². The molecule has 0 amide bonds. The molecule has 2 aromatic carbocycles. The standard InChI is InChI=1S/C10H9Cl2NO.C10H11FN2O/c1-6-13-10(5-14-6)7-2-3-8(11)9(12)4-7;1-6-7(3-2-4-8(6)11)9-5-14-10(12)13-9/h2-4,10H,5H2,1H3;2-4,9H,5H2,1H3,(H2,12,13)/t10-;9-/m00/s1. The largest absolute Gasteiger partial charge is 0.479 e. The fourth-order valence-electron chi connectivity index (χ4n) is 2.92. The lowest BCUT2D eigenvalue weighted by Crippen LogP contribution is -2.10. The van der Waals surface area contributed by atoms with E-state index < -0.39 is 0 Å². The predicted octanol–water partition coefficient (Wildman–Crippen LogP) is 5.00. The molecule has 0 fully saturated rings. The Balaban J connectivity index is 0.000000161. The quantitative estimate of drug-likeness (QED) is 0.738. The van der Waals surface area contributed by atoms with Gasteiger partial charge in [-0.1, -0.05) is 41.4 Å². The van der Waals surface area contributed by atoms with Crippen LogP contribution in [0.3, 0.4) is 0 Å². The summed E-state index contributed by atoms with van der Waals surface area (Å²) < 4.78 is 23.5. The van der Waals surface area contributed by atoms with Crippen molar-refractivity contribution in [1.82, 2.24) is 0 Å². The van der Waals surface area contributed by atoms with E-state index in [0.717, 1.165) is 17.0 Å². The normalized spacial score (nSPS) is 20.5. The highest BCUT2D eigenvalue weighted by Crippen LogP contribution is 2.29. The molecular formula is C20H20Cl2FN3O2. The first-order valence-electron chi connectivity index (χ1n) is 8.68. The van der Waals surface area contributed by atoms with E-state index in [1.807, 2.05) is 25.1 Å². The Morgan fingerprint density at radius 1 is 1.00 bits per heavy atom. The van der Waals surface area contributed by atoms with E-state index >= 15 is 0 Å². The summed E-state index contributed by atoms with van der Waals surface area (Å²) in [6.07, 6.45) is 0. The van der Waals surface area contributed by atoms with Gasteiger partial charge in [-0.25, -0.2) is 14.4 Å². The zero-order chi connectivity index (χ0) is 20.3. The number of rotatable bonds is 2. The van der Waals surface area contributed by atoms with Crippen LogP contribution in [0.4, 0.5) is 4.39 Å². The molecule has 0 aromatic heterocycles. The molecule has 2 aromatic rings. The number of ether oxygens (including phenoxy) is 2. The van der Waals surface area contributed by atoms with Gasteiger partial charge in [0.15, 0.2) is 5.90 Å². The maximum Gasteiger partial charge on any atom is 0.282 e. The van der Waals surface area contributed by atoms with Gasteiger partial charge in [-0.05, 0) is 41.8 Å². The smallest absolute Gasteiger partial charge is 0.282 e. The van der Waals surface area contributed by atoms with Gasteiger partial charge in [-0.2, -0.15) is 0 Å². The Labute approximate surface area is 173 Å². The molecule has 0 saturated heterocycles. The molecule has 0 bridgehead atoms. The molecule has 5 nitrogen and oxygen atoms in total. The number of hydrogen-bond acceptors (Lipinski definition) is 5. The summed E-state index contributed by atoms with van der Waals surface area (Å²) in [4.78, 5) is 8.39. The van der Waals surface area contributed by atoms with Crippen LogP contribution in [0.25, 0.3) is 0 Å². The van der Waals surface area contributed by atoms with Crippen LogP contribution in [-0.4, -0.2) is 25.1 Å². The minimum absolute atomic E-state index is 0.0600. The lowest BCUT2D eigenvalue weighted by molar-refractivity contribution is 0.314. The monoisotopic (exact) mass is 423 g/mol. The number of aliphatic imine (C=N–C) groups is 2. The van der Waals surface area contributed by atoms with Gasteiger partial charge < -0.3 is 15.2 Å². The van der Waals surface area contributed by atoms with Gasteiger partial charge in [-0.15, -0.1) is 0 Å². The number of halogens is 3. The van der Waals surface area contributed by atoms with Crippen molar-refractivity contribution in [2.24, 2.45) is 15.7 Å². The van der Waals surface area contributed by atoms with E-state index in [4.69, 9.17) is 38.4 Å². The molecule has 2 aliphatic rings. The van der Waals surface area contributed by atoms with E-state index in [1.165, 1.54) is 6.07 Å². The highest BCUT2D eigenvalue weighted by molar-refractivity contribution is 6.42. The van der Waals surface area contributed by atoms with Crippen LogP contribution < -0.4 is 5.73 Å². The molecule has 2 heterocycles. The second-order valence-electron chi connectivity index (χ2n) is 6.40. The van der Waals surface area contributed by atoms with E-state index in [2.05, 4.69) is 9.98 Å². The molecule has 2 aliphatic heterocycles. The van der Waals surface area contributed by atoms with Gasteiger partial charge >= 0.3 is 0 Å². The average Bonchev–Trinajstić information content (AvgIpc) is 3.29. The lowest BCUT2D eigenvalue weighted by atomic mass is 10.0. The molecule has 0 saturated carbocycles. The number of nitrogens with two attached hydrogens (primary N) is 1. The molecule has 0 unspecified atom stereocenters. The molecule has 0 aliphatic carbocycles. The number of amidine groups is 1. The van der Waals surface area contributed by atoms with Crippen LogP contribution in [0.2, 0.25) is 10.0 Å². The highest BCUT2D eigenvalue weighted by Gasteiger charge is 2.21. The van der Waals surface area contributed by atoms with Gasteiger partial charge in [0.25, 0.3) is 6.02 Å². The molecule has 0 radical (unpaired) electrons. The maximum atomic E-state index is 13.2.